The van der Waals surface area contributed by atoms with Crippen molar-refractivity contribution in [2.75, 3.05) is 13.7 Å². The van der Waals surface area contributed by atoms with Crippen LogP contribution in [0.5, 0.6) is 0 Å². The van der Waals surface area contributed by atoms with Crippen LogP contribution in [0.25, 0.3) is 0 Å². The van der Waals surface area contributed by atoms with Gasteiger partial charge in [0.2, 0.25) is 0 Å². The standard InChI is InChI=1S/C33H58O12S/c1-17(2)23(43-30-27(37)28(42-6)25(16-34)44-30)8-7-18(3)20-14-22(36)29-32(20,5)12-10-26-31(4)11-9-19(35)13-21(31)24(15-33(26,29)38)45-46(39,40)41/h17-30,34-38H,7-16H2,1-6H3,(H,39,40,41)/t18-,19+,20-,21?,22+,23+,24+,25+,26?,27-,28+,29?,30-,31+,32-,33+/m1/s1. The van der Waals surface area contributed by atoms with Crippen LogP contribution in [0.2, 0.25) is 0 Å². The summed E-state index contributed by atoms with van der Waals surface area (Å²) in [5, 5.41) is 55.3. The fourth-order valence-corrected chi connectivity index (χ4v) is 11.8. The van der Waals surface area contributed by atoms with Gasteiger partial charge >= 0.3 is 10.4 Å². The molecule has 4 saturated carbocycles. The fraction of sp³-hybridized carbons (Fsp3) is 1.00. The van der Waals surface area contributed by atoms with Gasteiger partial charge in [0.25, 0.3) is 0 Å². The van der Waals surface area contributed by atoms with E-state index in [1.54, 1.807) is 0 Å². The lowest BCUT2D eigenvalue weighted by Crippen LogP contribution is -2.69. The van der Waals surface area contributed by atoms with Crippen molar-refractivity contribution in [2.45, 2.75) is 147 Å². The Kier molecular flexibility index (Phi) is 10.7. The van der Waals surface area contributed by atoms with Crippen molar-refractivity contribution >= 4 is 10.4 Å². The molecule has 4 aliphatic carbocycles. The molecular formula is C33H58O12S. The molecule has 0 amide bonds. The number of rotatable bonds is 11. The second-order valence-corrected chi connectivity index (χ2v) is 17.2. The maximum atomic E-state index is 12.7. The lowest BCUT2D eigenvalue weighted by Gasteiger charge is -2.66. The average molecular weight is 679 g/mol. The van der Waals surface area contributed by atoms with Crippen molar-refractivity contribution in [3.63, 3.8) is 0 Å². The van der Waals surface area contributed by atoms with Crippen LogP contribution in [0.3, 0.4) is 0 Å². The van der Waals surface area contributed by atoms with Gasteiger partial charge < -0.3 is 39.7 Å². The Labute approximate surface area is 274 Å². The summed E-state index contributed by atoms with van der Waals surface area (Å²) in [6.07, 6.45) is -1.04. The van der Waals surface area contributed by atoms with E-state index in [4.69, 9.17) is 18.4 Å². The van der Waals surface area contributed by atoms with Gasteiger partial charge in [0.1, 0.15) is 18.3 Å². The van der Waals surface area contributed by atoms with E-state index in [1.165, 1.54) is 7.11 Å². The van der Waals surface area contributed by atoms with Crippen LogP contribution in [0, 0.1) is 46.3 Å². The second kappa shape index (κ2) is 13.4. The number of hydrogen-bond acceptors (Lipinski definition) is 11. The SMILES string of the molecule is CO[C@@H]1[C@@H](O)[C@H](O[C@@H](CC[C@@H](C)[C@H]2C[C@H](O)C3[C@]4(O)C[C@H](OS(=O)(=O)O)C5C[C@@H](O)CC[C@]5(C)C4CC[C@@]32C)C(C)C)O[C@H]1CO. The molecule has 46 heavy (non-hydrogen) atoms. The van der Waals surface area contributed by atoms with Gasteiger partial charge in [-0.3, -0.25) is 4.55 Å². The number of ether oxygens (including phenoxy) is 3. The van der Waals surface area contributed by atoms with E-state index in [2.05, 4.69) is 20.8 Å². The molecule has 16 atom stereocenters. The molecule has 268 valence electrons. The molecule has 5 rings (SSSR count). The quantitative estimate of drug-likeness (QED) is 0.175. The van der Waals surface area contributed by atoms with E-state index in [0.717, 1.165) is 12.8 Å². The van der Waals surface area contributed by atoms with Crippen LogP contribution >= 0.6 is 0 Å². The largest absolute Gasteiger partial charge is 0.397 e. The monoisotopic (exact) mass is 678 g/mol. The Balaban J connectivity index is 1.34. The molecule has 6 N–H and O–H groups in total. The summed E-state index contributed by atoms with van der Waals surface area (Å²) in [7, 11) is -3.35. The van der Waals surface area contributed by atoms with Gasteiger partial charge in [-0.15, -0.1) is 0 Å². The van der Waals surface area contributed by atoms with E-state index in [0.29, 0.717) is 38.5 Å². The van der Waals surface area contributed by atoms with Gasteiger partial charge in [-0.2, -0.15) is 8.42 Å². The number of hydrogen-bond donors (Lipinski definition) is 6. The molecule has 0 radical (unpaired) electrons. The minimum atomic E-state index is -4.81. The number of methoxy groups -OCH3 is 1. The minimum Gasteiger partial charge on any atom is -0.394 e. The third-order valence-corrected chi connectivity index (χ3v) is 13.8. The lowest BCUT2D eigenvalue weighted by molar-refractivity contribution is -0.260. The predicted octanol–water partition coefficient (Wildman–Crippen LogP) is 2.44. The van der Waals surface area contributed by atoms with Gasteiger partial charge in [-0.25, -0.2) is 4.18 Å². The van der Waals surface area contributed by atoms with E-state index in [9.17, 15) is 38.5 Å². The third-order valence-electron chi connectivity index (χ3n) is 13.3. The molecule has 1 heterocycles. The predicted molar refractivity (Wildman–Crippen MR) is 167 cm³/mol. The van der Waals surface area contributed by atoms with Crippen molar-refractivity contribution in [1.29, 1.82) is 0 Å². The highest BCUT2D eigenvalue weighted by atomic mass is 32.3. The van der Waals surface area contributed by atoms with Crippen molar-refractivity contribution in [2.24, 2.45) is 46.3 Å². The first kappa shape index (κ1) is 36.8. The Bertz CT molecular complexity index is 1170. The maximum Gasteiger partial charge on any atom is 0.397 e. The normalized spacial score (nSPS) is 48.9. The Morgan fingerprint density at radius 2 is 1.67 bits per heavy atom. The first-order valence-electron chi connectivity index (χ1n) is 17.3. The molecule has 5 fully saturated rings. The first-order valence-corrected chi connectivity index (χ1v) is 18.6. The Hall–Kier alpha value is -0.450. The van der Waals surface area contributed by atoms with Crippen LogP contribution in [0.1, 0.15) is 92.4 Å². The van der Waals surface area contributed by atoms with Gasteiger partial charge in [0.15, 0.2) is 6.29 Å². The molecule has 13 heteroatoms. The Morgan fingerprint density at radius 3 is 2.26 bits per heavy atom. The van der Waals surface area contributed by atoms with Crippen molar-refractivity contribution < 1.29 is 56.9 Å². The average Bonchev–Trinajstić information content (AvgIpc) is 3.42. The van der Waals surface area contributed by atoms with Crippen LogP contribution < -0.4 is 0 Å². The van der Waals surface area contributed by atoms with E-state index in [1.807, 2.05) is 13.8 Å². The highest BCUT2D eigenvalue weighted by Gasteiger charge is 2.71. The summed E-state index contributed by atoms with van der Waals surface area (Å²) in [4.78, 5) is 0. The highest BCUT2D eigenvalue weighted by Crippen LogP contribution is 2.70. The highest BCUT2D eigenvalue weighted by molar-refractivity contribution is 7.80. The van der Waals surface area contributed by atoms with Gasteiger partial charge in [0.05, 0.1) is 36.6 Å². The van der Waals surface area contributed by atoms with Crippen LogP contribution in [0.15, 0.2) is 0 Å². The third kappa shape index (κ3) is 6.45. The molecule has 1 saturated heterocycles. The van der Waals surface area contributed by atoms with Gasteiger partial charge in [0, 0.05) is 19.4 Å². The number of fused-ring (bicyclic) bond motifs is 5. The molecule has 0 aromatic heterocycles. The van der Waals surface area contributed by atoms with E-state index >= 15 is 0 Å². The first-order chi connectivity index (χ1) is 21.4. The summed E-state index contributed by atoms with van der Waals surface area (Å²) in [5.74, 6) is -0.726. The van der Waals surface area contributed by atoms with Crippen LogP contribution in [-0.4, -0.2) is 107 Å². The summed E-state index contributed by atoms with van der Waals surface area (Å²) in [6.45, 7) is 10.2. The molecule has 0 aromatic rings. The topological polar surface area (TPSA) is 192 Å². The molecule has 0 spiro atoms. The minimum absolute atomic E-state index is 0.0346. The lowest BCUT2D eigenvalue weighted by atomic mass is 9.42. The van der Waals surface area contributed by atoms with Crippen LogP contribution in [-0.2, 0) is 28.8 Å². The maximum absolute atomic E-state index is 12.7. The zero-order valence-corrected chi connectivity index (χ0v) is 29.0. The molecule has 1 aliphatic heterocycles. The summed E-state index contributed by atoms with van der Waals surface area (Å²) in [5.41, 5.74) is -2.37. The summed E-state index contributed by atoms with van der Waals surface area (Å²) >= 11 is 0. The molecular weight excluding hydrogens is 620 g/mol. The van der Waals surface area contributed by atoms with Gasteiger partial charge in [-0.05, 0) is 91.8 Å². The molecule has 0 bridgehead atoms. The fourth-order valence-electron chi connectivity index (χ4n) is 11.2. The summed E-state index contributed by atoms with van der Waals surface area (Å²) < 4.78 is 56.3. The summed E-state index contributed by atoms with van der Waals surface area (Å²) in [6, 6.07) is 0. The van der Waals surface area contributed by atoms with Crippen molar-refractivity contribution in [3.05, 3.63) is 0 Å². The molecule has 5 aliphatic rings. The number of aliphatic hydroxyl groups excluding tert-OH is 4. The van der Waals surface area contributed by atoms with Crippen molar-refractivity contribution in [1.82, 2.24) is 0 Å². The number of aliphatic hydroxyl groups is 5. The Morgan fingerprint density at radius 1 is 1.00 bits per heavy atom. The van der Waals surface area contributed by atoms with Crippen LogP contribution in [0.4, 0.5) is 0 Å². The molecule has 3 unspecified atom stereocenters. The smallest absolute Gasteiger partial charge is 0.394 e. The zero-order valence-electron chi connectivity index (χ0n) is 28.2. The van der Waals surface area contributed by atoms with Crippen molar-refractivity contribution in [3.8, 4) is 0 Å². The second-order valence-electron chi connectivity index (χ2n) is 16.2. The van der Waals surface area contributed by atoms with Gasteiger partial charge in [-0.1, -0.05) is 34.6 Å². The van der Waals surface area contributed by atoms with E-state index < -0.39 is 75.7 Å². The zero-order chi connectivity index (χ0) is 34.0. The molecule has 12 nitrogen and oxygen atoms in total. The molecule has 0 aromatic carbocycles. The van der Waals surface area contributed by atoms with E-state index in [-0.39, 0.29) is 48.7 Å².